The number of esters is 2. The van der Waals surface area contributed by atoms with Crippen LogP contribution < -0.4 is 0 Å². The van der Waals surface area contributed by atoms with Gasteiger partial charge in [-0.2, -0.15) is 121 Å². The number of aliphatic hydroxyl groups excluding tert-OH is 1. The normalized spacial score (nSPS) is 7.88. The van der Waals surface area contributed by atoms with E-state index in [4.69, 9.17) is 19.7 Å². The molecule has 1 aliphatic rings. The Kier molecular flexibility index (Phi) is 164. The number of ketones is 3. The van der Waals surface area contributed by atoms with Crippen molar-refractivity contribution in [2.24, 2.45) is 0 Å². The average molecular weight is 2170 g/mol. The van der Waals surface area contributed by atoms with E-state index < -0.39 is 5.97 Å². The van der Waals surface area contributed by atoms with Crippen LogP contribution in [0, 0.1) is 83.7 Å². The average Bonchev–Trinajstić information content (AvgIpc) is 3.59. The summed E-state index contributed by atoms with van der Waals surface area (Å²) in [6, 6.07) is 39.5. The van der Waals surface area contributed by atoms with E-state index in [0.717, 1.165) is 29.4 Å². The first-order valence-electron chi connectivity index (χ1n) is 16.3. The molecule has 10 nitrogen and oxygen atoms in total. The number of rotatable bonds is 9. The fraction of sp³-hybridized carbons (Fsp3) is 0.216. The van der Waals surface area contributed by atoms with Crippen LogP contribution in [0.1, 0.15) is 84.6 Å². The minimum Gasteiger partial charge on any atom is -0.481 e. The molecule has 0 spiro atoms. The minimum absolute atomic E-state index is 0. The number of carbonyl (C=O) groups is 6. The first-order chi connectivity index (χ1) is 26.4. The second kappa shape index (κ2) is 90.2. The Hall–Kier alpha value is 2.61. The van der Waals surface area contributed by atoms with Crippen LogP contribution in [-0.4, -0.2) is 71.1 Å². The molecule has 1 aliphatic heterocycles. The molecule has 0 saturated carbocycles. The van der Waals surface area contributed by atoms with E-state index in [0.29, 0.717) is 23.1 Å². The van der Waals surface area contributed by atoms with Crippen LogP contribution in [0.4, 0.5) is 0 Å². The van der Waals surface area contributed by atoms with Gasteiger partial charge in [0.2, 0.25) is 0 Å². The van der Waals surface area contributed by atoms with Crippen LogP contribution in [-0.2, 0) is 239 Å². The van der Waals surface area contributed by atoms with Gasteiger partial charge in [-0.3, -0.25) is 24.0 Å². The molecule has 0 unspecified atom stereocenters. The molecule has 4 aromatic carbocycles. The van der Waals surface area contributed by atoms with Gasteiger partial charge in [-0.1, -0.05) is 53.9 Å². The Balaban J connectivity index is -0.0000000272. The van der Waals surface area contributed by atoms with Gasteiger partial charge >= 0.3 is 17.9 Å². The molecular formula is C51H71Br3O10W4Y4-12. The van der Waals surface area contributed by atoms with E-state index in [-0.39, 0.29) is 331 Å². The SMILES string of the molecule is BrBr.C.CC(=O)c1cc[c-]cc1.CC1=C(c2cc[c-]cc2)COC1=O.CCC(=O)O.CCC(=O)OCC(=O)c1cc[c-]cc1.CO.O=C(CBr)c1cc[c-]cc1.[CH3-].[CH3-].[CH3-].[CH3-].[CH3-].[CH3-].[CH3-].[CH3-].[W].[W].[W].[W].[Y].[Y].[Y].[Y]. The maximum Gasteiger partial charge on any atom is 0.334 e. The van der Waals surface area contributed by atoms with Crippen LogP contribution in [0.2, 0.25) is 0 Å². The molecule has 0 atom stereocenters. The van der Waals surface area contributed by atoms with Crippen molar-refractivity contribution in [1.29, 1.82) is 0 Å². The van der Waals surface area contributed by atoms with Gasteiger partial charge in [0, 0.05) is 269 Å². The van der Waals surface area contributed by atoms with Crippen molar-refractivity contribution in [3.05, 3.63) is 209 Å². The summed E-state index contributed by atoms with van der Waals surface area (Å²) < 4.78 is 9.62. The number of cyclic esters (lactones) is 1. The molecule has 0 bridgehead atoms. The molecular weight excluding hydrogens is 2100 g/mol. The number of aliphatic hydroxyl groups is 1. The van der Waals surface area contributed by atoms with Crippen molar-refractivity contribution in [1.82, 2.24) is 0 Å². The molecule has 0 fully saturated rings. The molecule has 21 heteroatoms. The number of halogens is 3. The standard InChI is InChI=1S/C11H11O3.C11H9O2.C8H6BrO.C8H7O.C3H6O2.CH4O.CH4.8CH3.Br2.4W.4Y/c1-2-11(13)14-8-10(12)9-6-4-3-5-7-9;1-8-10(7-13-11(8)12)9-5-3-2-4-6-9;9-6-8(10)7-4-2-1-3-5-7;1-7(9)8-5-3-2-4-6-8;1-2-3(4)5;1-2;;;;;;;;;;1-2;;;;;;;;/h4-7H,2,8H2,1H3;3-6H,7H2,1H3;2-5H,6H2;3-6H,1H3;2H2,1H3,(H,4,5);2H,1H3;1H4;8*1H3;;;;;;;;;/q4*-1;;;;8*-1;;;;;;;;;. The van der Waals surface area contributed by atoms with E-state index in [1.165, 1.54) is 0 Å². The largest absolute Gasteiger partial charge is 0.481 e. The zero-order valence-electron chi connectivity index (χ0n) is 43.0. The van der Waals surface area contributed by atoms with Gasteiger partial charge < -0.3 is 79.1 Å². The minimum atomic E-state index is -0.745. The summed E-state index contributed by atoms with van der Waals surface area (Å²) in [5.74, 6) is -1.30. The van der Waals surface area contributed by atoms with Crippen LogP contribution in [0.25, 0.3) is 5.57 Å². The molecule has 0 aliphatic carbocycles. The first-order valence-corrected chi connectivity index (χ1v) is 21.1. The van der Waals surface area contributed by atoms with Crippen molar-refractivity contribution < 1.29 is 264 Å². The number of carboxylic acid groups (broad SMARTS) is 1. The molecule has 4 aromatic rings. The van der Waals surface area contributed by atoms with E-state index in [1.807, 2.05) is 24.3 Å². The molecule has 72 heavy (non-hydrogen) atoms. The Morgan fingerprint density at radius 3 is 1.12 bits per heavy atom. The quantitative estimate of drug-likeness (QED) is 0.0714. The predicted octanol–water partition coefficient (Wildman–Crippen LogP) is 13.2. The number of alkyl halides is 1. The maximum absolute atomic E-state index is 11.4. The van der Waals surface area contributed by atoms with Crippen molar-refractivity contribution in [2.75, 3.05) is 25.7 Å². The summed E-state index contributed by atoms with van der Waals surface area (Å²) in [6.45, 7) is 6.84. The zero-order chi connectivity index (χ0) is 42.0. The number of aliphatic carboxylic acids is 1. The molecule has 0 aromatic heterocycles. The van der Waals surface area contributed by atoms with Gasteiger partial charge in [-0.25, -0.2) is 4.79 Å². The van der Waals surface area contributed by atoms with E-state index in [1.54, 1.807) is 100 Å². The van der Waals surface area contributed by atoms with E-state index in [2.05, 4.69) is 68.5 Å². The molecule has 0 amide bonds. The summed E-state index contributed by atoms with van der Waals surface area (Å²) in [6.07, 6.45) is 0.510. The van der Waals surface area contributed by atoms with E-state index >= 15 is 0 Å². The zero-order valence-corrected chi connectivity index (χ0v) is 70.9. The van der Waals surface area contributed by atoms with Gasteiger partial charge in [0.25, 0.3) is 0 Å². The van der Waals surface area contributed by atoms with Crippen molar-refractivity contribution >= 4 is 85.0 Å². The fourth-order valence-electron chi connectivity index (χ4n) is 3.54. The van der Waals surface area contributed by atoms with Crippen LogP contribution in [0.15, 0.2) is 103 Å². The Morgan fingerprint density at radius 2 is 0.889 bits per heavy atom. The second-order valence-electron chi connectivity index (χ2n) is 10.1. The fourth-order valence-corrected chi connectivity index (χ4v) is 3.86. The van der Waals surface area contributed by atoms with Gasteiger partial charge in [0.05, 0.1) is 5.33 Å². The van der Waals surface area contributed by atoms with E-state index in [9.17, 15) is 28.8 Å². The number of Topliss-reactive ketones (excluding diaryl/α,β-unsaturated/α-hetero) is 3. The predicted molar refractivity (Wildman–Crippen MR) is 280 cm³/mol. The van der Waals surface area contributed by atoms with Gasteiger partial charge in [0.1, 0.15) is 18.2 Å². The number of carboxylic acids is 1. The third-order valence-corrected chi connectivity index (χ3v) is 6.96. The summed E-state index contributed by atoms with van der Waals surface area (Å²) in [7, 11) is 1.00. The topological polar surface area (TPSA) is 161 Å². The third kappa shape index (κ3) is 66.9. The number of ether oxygens (including phenoxy) is 2. The Labute approximate surface area is 620 Å². The molecule has 1 heterocycles. The van der Waals surface area contributed by atoms with Crippen LogP contribution in [0.3, 0.4) is 0 Å². The molecule has 404 valence electrons. The van der Waals surface area contributed by atoms with Gasteiger partial charge in [-0.05, 0) is 19.4 Å². The number of hydrogen-bond acceptors (Lipinski definition) is 9. The number of carbonyl (C=O) groups excluding carboxylic acids is 5. The smallest absolute Gasteiger partial charge is 0.334 e. The third-order valence-electron chi connectivity index (χ3n) is 6.46. The molecule has 4 radical (unpaired) electrons. The molecule has 5 rings (SSSR count). The molecule has 2 N–H and O–H groups in total. The van der Waals surface area contributed by atoms with Crippen molar-refractivity contribution in [3.63, 3.8) is 0 Å². The second-order valence-corrected chi connectivity index (χ2v) is 10.7. The summed E-state index contributed by atoms with van der Waals surface area (Å²) in [5, 5.41) is 15.1. The monoisotopic (exact) mass is 2170 g/mol. The van der Waals surface area contributed by atoms with Crippen LogP contribution in [0.5, 0.6) is 0 Å². The Morgan fingerprint density at radius 1 is 0.597 bits per heavy atom. The van der Waals surface area contributed by atoms with Crippen molar-refractivity contribution in [3.8, 4) is 0 Å². The van der Waals surface area contributed by atoms with Gasteiger partial charge in [0.15, 0.2) is 12.4 Å². The molecule has 0 saturated heterocycles. The maximum atomic E-state index is 11.4. The van der Waals surface area contributed by atoms with Gasteiger partial charge in [-0.15, -0.1) is 5.56 Å². The Bertz CT molecular complexity index is 1760. The van der Waals surface area contributed by atoms with Crippen LogP contribution >= 0.6 is 44.2 Å². The first kappa shape index (κ1) is 131. The number of benzene rings is 4. The summed E-state index contributed by atoms with van der Waals surface area (Å²) in [4.78, 5) is 64.2. The number of hydrogen-bond donors (Lipinski definition) is 2. The summed E-state index contributed by atoms with van der Waals surface area (Å²) in [5.41, 5.74) is 4.75. The van der Waals surface area contributed by atoms with Crippen molar-refractivity contribution in [2.45, 2.75) is 48.0 Å². The summed E-state index contributed by atoms with van der Waals surface area (Å²) >= 11 is 8.59.